The van der Waals surface area contributed by atoms with Gasteiger partial charge in [-0.25, -0.2) is 0 Å². The van der Waals surface area contributed by atoms with Gasteiger partial charge in [0.25, 0.3) is 0 Å². The van der Waals surface area contributed by atoms with Gasteiger partial charge in [-0.1, -0.05) is 13.8 Å². The Bertz CT molecular complexity index is 123. The fourth-order valence-corrected chi connectivity index (χ4v) is 1.12. The maximum absolute atomic E-state index is 9.80. The number of rotatable bonds is 5. The van der Waals surface area contributed by atoms with Crippen LogP contribution in [0.5, 0.6) is 0 Å². The Labute approximate surface area is 76.6 Å². The van der Waals surface area contributed by atoms with Crippen LogP contribution in [0.3, 0.4) is 0 Å². The Morgan fingerprint density at radius 3 is 2.25 bits per heavy atom. The van der Waals surface area contributed by atoms with Crippen molar-refractivity contribution in [3.63, 3.8) is 0 Å². The van der Waals surface area contributed by atoms with Gasteiger partial charge in [-0.15, -0.1) is 0 Å². The molecular weight excluding hydrogens is 150 g/mol. The average molecular weight is 173 g/mol. The molecule has 74 valence electrons. The molecule has 0 aliphatic carbocycles. The first kappa shape index (κ1) is 11.9. The van der Waals surface area contributed by atoms with Gasteiger partial charge in [0.15, 0.2) is 0 Å². The van der Waals surface area contributed by atoms with Crippen LogP contribution in [0.2, 0.25) is 0 Å². The van der Waals surface area contributed by atoms with Crippen LogP contribution in [-0.4, -0.2) is 35.2 Å². The monoisotopic (exact) mass is 173 g/mol. The Kier molecular flexibility index (Phi) is 4.80. The van der Waals surface area contributed by atoms with Crippen molar-refractivity contribution in [2.75, 3.05) is 13.6 Å². The SMILES string of the molecule is CCC(C)N(C)CC(C)(O)CC. The maximum Gasteiger partial charge on any atom is 0.0743 e. The summed E-state index contributed by atoms with van der Waals surface area (Å²) < 4.78 is 0. The molecule has 0 aliphatic rings. The van der Waals surface area contributed by atoms with E-state index in [4.69, 9.17) is 0 Å². The molecule has 2 unspecified atom stereocenters. The van der Waals surface area contributed by atoms with Gasteiger partial charge in [-0.2, -0.15) is 0 Å². The molecule has 0 bridgehead atoms. The lowest BCUT2D eigenvalue weighted by Crippen LogP contribution is -2.42. The predicted octanol–water partition coefficient (Wildman–Crippen LogP) is 1.88. The fraction of sp³-hybridized carbons (Fsp3) is 1.00. The van der Waals surface area contributed by atoms with Crippen molar-refractivity contribution < 1.29 is 5.11 Å². The van der Waals surface area contributed by atoms with Gasteiger partial charge in [-0.3, -0.25) is 0 Å². The van der Waals surface area contributed by atoms with E-state index in [0.29, 0.717) is 6.04 Å². The number of hydrogen-bond acceptors (Lipinski definition) is 2. The number of nitrogens with zero attached hydrogens (tertiary/aromatic N) is 1. The third-order valence-corrected chi connectivity index (χ3v) is 2.69. The second-order valence-electron chi connectivity index (χ2n) is 4.02. The van der Waals surface area contributed by atoms with E-state index in [1.54, 1.807) is 0 Å². The average Bonchev–Trinajstić information content (AvgIpc) is 2.02. The van der Waals surface area contributed by atoms with E-state index in [0.717, 1.165) is 19.4 Å². The van der Waals surface area contributed by atoms with Gasteiger partial charge in [0.1, 0.15) is 0 Å². The van der Waals surface area contributed by atoms with Crippen LogP contribution in [0.15, 0.2) is 0 Å². The lowest BCUT2D eigenvalue weighted by Gasteiger charge is -2.31. The van der Waals surface area contributed by atoms with E-state index in [9.17, 15) is 5.11 Å². The molecule has 2 atom stereocenters. The zero-order valence-electron chi connectivity index (χ0n) is 9.09. The van der Waals surface area contributed by atoms with Crippen LogP contribution in [0.4, 0.5) is 0 Å². The summed E-state index contributed by atoms with van der Waals surface area (Å²) in [5.41, 5.74) is -0.530. The predicted molar refractivity (Wildman–Crippen MR) is 53.3 cm³/mol. The Morgan fingerprint density at radius 2 is 1.92 bits per heavy atom. The second kappa shape index (κ2) is 4.83. The molecule has 12 heavy (non-hydrogen) atoms. The summed E-state index contributed by atoms with van der Waals surface area (Å²) in [7, 11) is 2.07. The summed E-state index contributed by atoms with van der Waals surface area (Å²) in [6.45, 7) is 9.03. The molecule has 0 aromatic heterocycles. The molecule has 0 aliphatic heterocycles. The van der Waals surface area contributed by atoms with Crippen molar-refractivity contribution in [3.05, 3.63) is 0 Å². The zero-order chi connectivity index (χ0) is 9.78. The van der Waals surface area contributed by atoms with Gasteiger partial charge < -0.3 is 10.0 Å². The number of hydrogen-bond donors (Lipinski definition) is 1. The van der Waals surface area contributed by atoms with E-state index < -0.39 is 5.60 Å². The molecular formula is C10H23NO. The van der Waals surface area contributed by atoms with Crippen LogP contribution < -0.4 is 0 Å². The summed E-state index contributed by atoms with van der Waals surface area (Å²) in [4.78, 5) is 2.21. The highest BCUT2D eigenvalue weighted by Crippen LogP contribution is 2.12. The minimum absolute atomic E-state index is 0.530. The molecule has 0 saturated carbocycles. The third kappa shape index (κ3) is 4.07. The molecule has 0 aromatic rings. The summed E-state index contributed by atoms with van der Waals surface area (Å²) in [5.74, 6) is 0. The van der Waals surface area contributed by atoms with Gasteiger partial charge in [0, 0.05) is 12.6 Å². The maximum atomic E-state index is 9.80. The van der Waals surface area contributed by atoms with E-state index in [1.807, 2.05) is 13.8 Å². The van der Waals surface area contributed by atoms with Gasteiger partial charge in [0.2, 0.25) is 0 Å². The number of likely N-dealkylation sites (N-methyl/N-ethyl adjacent to an activating group) is 1. The summed E-state index contributed by atoms with van der Waals surface area (Å²) in [6, 6.07) is 0.558. The van der Waals surface area contributed by atoms with Crippen molar-refractivity contribution in [2.45, 2.75) is 52.2 Å². The highest BCUT2D eigenvalue weighted by Gasteiger charge is 2.21. The zero-order valence-corrected chi connectivity index (χ0v) is 9.09. The van der Waals surface area contributed by atoms with E-state index >= 15 is 0 Å². The minimum atomic E-state index is -0.530. The standard InChI is InChI=1S/C10H23NO/c1-6-9(3)11(5)8-10(4,12)7-2/h9,12H,6-8H2,1-5H3. The van der Waals surface area contributed by atoms with Crippen molar-refractivity contribution in [3.8, 4) is 0 Å². The molecule has 0 heterocycles. The van der Waals surface area contributed by atoms with E-state index in [-0.39, 0.29) is 0 Å². The molecule has 0 fully saturated rings. The Balaban J connectivity index is 3.90. The molecule has 1 N–H and O–H groups in total. The molecule has 0 spiro atoms. The van der Waals surface area contributed by atoms with Crippen molar-refractivity contribution in [2.24, 2.45) is 0 Å². The van der Waals surface area contributed by atoms with Crippen LogP contribution in [0.1, 0.15) is 40.5 Å². The highest BCUT2D eigenvalue weighted by molar-refractivity contribution is 4.76. The topological polar surface area (TPSA) is 23.5 Å². The third-order valence-electron chi connectivity index (χ3n) is 2.69. The first-order chi connectivity index (χ1) is 5.43. The van der Waals surface area contributed by atoms with E-state index in [1.165, 1.54) is 0 Å². The van der Waals surface area contributed by atoms with Gasteiger partial charge >= 0.3 is 0 Å². The first-order valence-electron chi connectivity index (χ1n) is 4.85. The van der Waals surface area contributed by atoms with Gasteiger partial charge in [0.05, 0.1) is 5.60 Å². The number of aliphatic hydroxyl groups is 1. The molecule has 2 nitrogen and oxygen atoms in total. The molecule has 0 rings (SSSR count). The van der Waals surface area contributed by atoms with Crippen LogP contribution in [0.25, 0.3) is 0 Å². The van der Waals surface area contributed by atoms with Gasteiger partial charge in [-0.05, 0) is 33.7 Å². The van der Waals surface area contributed by atoms with Crippen LogP contribution in [0, 0.1) is 0 Å². The summed E-state index contributed by atoms with van der Waals surface area (Å²) >= 11 is 0. The molecule has 0 aromatic carbocycles. The second-order valence-corrected chi connectivity index (χ2v) is 4.02. The molecule has 0 saturated heterocycles. The molecule has 2 heteroatoms. The summed E-state index contributed by atoms with van der Waals surface area (Å²) in [6.07, 6.45) is 1.95. The lowest BCUT2D eigenvalue weighted by atomic mass is 10.0. The quantitative estimate of drug-likeness (QED) is 0.686. The van der Waals surface area contributed by atoms with Crippen molar-refractivity contribution in [1.29, 1.82) is 0 Å². The Morgan fingerprint density at radius 1 is 1.42 bits per heavy atom. The van der Waals surface area contributed by atoms with Crippen molar-refractivity contribution >= 4 is 0 Å². The van der Waals surface area contributed by atoms with E-state index in [2.05, 4.69) is 25.8 Å². The van der Waals surface area contributed by atoms with Crippen LogP contribution in [-0.2, 0) is 0 Å². The lowest BCUT2D eigenvalue weighted by molar-refractivity contribution is 0.0137. The first-order valence-corrected chi connectivity index (χ1v) is 4.85. The molecule has 0 amide bonds. The summed E-state index contributed by atoms with van der Waals surface area (Å²) in [5, 5.41) is 9.80. The largest absolute Gasteiger partial charge is 0.389 e. The normalized spacial score (nSPS) is 19.2. The minimum Gasteiger partial charge on any atom is -0.389 e. The Hall–Kier alpha value is -0.0800. The van der Waals surface area contributed by atoms with Crippen LogP contribution >= 0.6 is 0 Å². The van der Waals surface area contributed by atoms with Crippen molar-refractivity contribution in [1.82, 2.24) is 4.90 Å². The smallest absolute Gasteiger partial charge is 0.0743 e. The highest BCUT2D eigenvalue weighted by atomic mass is 16.3. The fourth-order valence-electron chi connectivity index (χ4n) is 1.12. The molecule has 0 radical (unpaired) electrons.